The van der Waals surface area contributed by atoms with Crippen LogP contribution in [0.3, 0.4) is 0 Å². The second-order valence-corrected chi connectivity index (χ2v) is 10.2. The maximum Gasteiger partial charge on any atom is 0.264 e. The molecule has 1 aliphatic rings. The topological polar surface area (TPSA) is 95.3 Å². The summed E-state index contributed by atoms with van der Waals surface area (Å²) in [6, 6.07) is 9.66. The van der Waals surface area contributed by atoms with Gasteiger partial charge in [-0.05, 0) is 47.9 Å². The number of methoxy groups -OCH3 is 1. The summed E-state index contributed by atoms with van der Waals surface area (Å²) in [5, 5.41) is 5.57. The van der Waals surface area contributed by atoms with Crippen LogP contribution < -0.4 is 4.72 Å². The molecule has 4 aromatic rings. The first-order chi connectivity index (χ1) is 17.8. The van der Waals surface area contributed by atoms with Crippen LogP contribution in [0.4, 0.5) is 14.5 Å². The average molecular weight is 527 g/mol. The van der Waals surface area contributed by atoms with Crippen LogP contribution in [0.5, 0.6) is 0 Å². The van der Waals surface area contributed by atoms with Gasteiger partial charge in [-0.2, -0.15) is 5.10 Å². The molecule has 2 aromatic carbocycles. The van der Waals surface area contributed by atoms with E-state index in [1.165, 1.54) is 7.11 Å². The lowest BCUT2D eigenvalue weighted by atomic mass is 10.00. The highest BCUT2D eigenvalue weighted by Crippen LogP contribution is 2.33. The number of nitrogens with one attached hydrogen (secondary N) is 1. The van der Waals surface area contributed by atoms with Crippen LogP contribution in [0.15, 0.2) is 59.6 Å². The molecular weight excluding hydrogens is 502 g/mol. The molecule has 0 unspecified atom stereocenters. The first kappa shape index (κ1) is 25.0. The Labute approximate surface area is 212 Å². The molecule has 0 saturated heterocycles. The molecular formula is C26H24F2N4O4S. The highest BCUT2D eigenvalue weighted by Gasteiger charge is 2.22. The highest BCUT2D eigenvalue weighted by atomic mass is 32.2. The molecule has 0 saturated carbocycles. The van der Waals surface area contributed by atoms with E-state index >= 15 is 0 Å². The number of halogens is 2. The molecule has 2 aromatic heterocycles. The molecule has 0 bridgehead atoms. The van der Waals surface area contributed by atoms with Crippen molar-refractivity contribution < 1.29 is 26.7 Å². The molecule has 0 amide bonds. The van der Waals surface area contributed by atoms with Crippen LogP contribution in [0.25, 0.3) is 27.6 Å². The van der Waals surface area contributed by atoms with Gasteiger partial charge in [0.05, 0.1) is 42.4 Å². The molecule has 0 atom stereocenters. The number of aryl methyl sites for hydroxylation is 1. The van der Waals surface area contributed by atoms with Crippen LogP contribution in [-0.4, -0.2) is 43.5 Å². The van der Waals surface area contributed by atoms with E-state index in [9.17, 15) is 17.2 Å². The average Bonchev–Trinajstić information content (AvgIpc) is 3.20. The Morgan fingerprint density at radius 1 is 1.14 bits per heavy atom. The largest absolute Gasteiger partial charge is 0.378 e. The lowest BCUT2D eigenvalue weighted by Gasteiger charge is -2.15. The standard InChI is InChI=1S/C26H24F2N4O4S/c1-32-26(16-7-9-36-10-8-16)20-11-17(3-5-22(20)30-32)18-12-23(24(15-35-2)29-14-18)31-37(33,34)25-6-4-19(27)13-21(25)28/h3-7,11-14,31H,8-10,15H2,1-2H3. The molecule has 0 radical (unpaired) electrons. The maximum absolute atomic E-state index is 14.3. The van der Waals surface area contributed by atoms with Gasteiger partial charge in [0.2, 0.25) is 0 Å². The van der Waals surface area contributed by atoms with E-state index in [-0.39, 0.29) is 12.3 Å². The fraction of sp³-hybridized carbons (Fsp3) is 0.231. The lowest BCUT2D eigenvalue weighted by Crippen LogP contribution is -2.16. The number of pyridine rings is 1. The summed E-state index contributed by atoms with van der Waals surface area (Å²) < 4.78 is 68.4. The van der Waals surface area contributed by atoms with Crippen molar-refractivity contribution in [3.63, 3.8) is 0 Å². The summed E-state index contributed by atoms with van der Waals surface area (Å²) in [6.07, 6.45) is 4.45. The molecule has 0 fully saturated rings. The second kappa shape index (κ2) is 10.0. The fourth-order valence-corrected chi connectivity index (χ4v) is 5.52. The molecule has 5 rings (SSSR count). The van der Waals surface area contributed by atoms with E-state index in [1.807, 2.05) is 29.9 Å². The van der Waals surface area contributed by atoms with Gasteiger partial charge in [-0.3, -0.25) is 14.4 Å². The predicted octanol–water partition coefficient (Wildman–Crippen LogP) is 4.66. The zero-order chi connectivity index (χ0) is 26.2. The quantitative estimate of drug-likeness (QED) is 0.376. The Hall–Kier alpha value is -3.67. The van der Waals surface area contributed by atoms with Gasteiger partial charge in [0.1, 0.15) is 16.5 Å². The number of hydrogen-bond acceptors (Lipinski definition) is 6. The third kappa shape index (κ3) is 4.97. The summed E-state index contributed by atoms with van der Waals surface area (Å²) >= 11 is 0. The third-order valence-electron chi connectivity index (χ3n) is 6.11. The van der Waals surface area contributed by atoms with E-state index in [0.717, 1.165) is 46.3 Å². The number of nitrogens with zero attached hydrogens (tertiary/aromatic N) is 3. The summed E-state index contributed by atoms with van der Waals surface area (Å²) in [7, 11) is -1.02. The minimum atomic E-state index is -4.37. The number of sulfonamides is 1. The van der Waals surface area contributed by atoms with Crippen LogP contribution in [-0.2, 0) is 33.2 Å². The van der Waals surface area contributed by atoms with E-state index in [2.05, 4.69) is 20.9 Å². The van der Waals surface area contributed by atoms with Crippen molar-refractivity contribution in [1.29, 1.82) is 0 Å². The SMILES string of the molecule is COCc1ncc(-c2ccc3nn(C)c(C4=CCOCC4)c3c2)cc1NS(=O)(=O)c1ccc(F)cc1F. The van der Waals surface area contributed by atoms with Crippen LogP contribution in [0.2, 0.25) is 0 Å². The summed E-state index contributed by atoms with van der Waals surface area (Å²) in [6.45, 7) is 1.21. The monoisotopic (exact) mass is 526 g/mol. The minimum Gasteiger partial charge on any atom is -0.378 e. The molecule has 11 heteroatoms. The Balaban J connectivity index is 1.57. The maximum atomic E-state index is 14.3. The van der Waals surface area contributed by atoms with E-state index < -0.39 is 26.6 Å². The van der Waals surface area contributed by atoms with Crippen molar-refractivity contribution in [2.24, 2.45) is 7.05 Å². The Bertz CT molecular complexity index is 1630. The molecule has 8 nitrogen and oxygen atoms in total. The molecule has 192 valence electrons. The number of anilines is 1. The van der Waals surface area contributed by atoms with Gasteiger partial charge in [0, 0.05) is 37.4 Å². The Kier molecular flexibility index (Phi) is 6.76. The Morgan fingerprint density at radius 2 is 1.97 bits per heavy atom. The molecule has 0 aliphatic carbocycles. The van der Waals surface area contributed by atoms with Crippen LogP contribution in [0.1, 0.15) is 17.8 Å². The van der Waals surface area contributed by atoms with Crippen molar-refractivity contribution in [2.45, 2.75) is 17.9 Å². The summed E-state index contributed by atoms with van der Waals surface area (Å²) in [5.74, 6) is -2.07. The van der Waals surface area contributed by atoms with Gasteiger partial charge in [-0.15, -0.1) is 0 Å². The Morgan fingerprint density at radius 3 is 2.70 bits per heavy atom. The summed E-state index contributed by atoms with van der Waals surface area (Å²) in [4.78, 5) is 3.73. The van der Waals surface area contributed by atoms with E-state index in [1.54, 1.807) is 12.3 Å². The molecule has 1 aliphatic heterocycles. The molecule has 0 spiro atoms. The van der Waals surface area contributed by atoms with E-state index in [4.69, 9.17) is 9.47 Å². The van der Waals surface area contributed by atoms with Gasteiger partial charge in [0.15, 0.2) is 0 Å². The highest BCUT2D eigenvalue weighted by molar-refractivity contribution is 7.92. The normalized spacial score (nSPS) is 14.1. The van der Waals surface area contributed by atoms with Crippen molar-refractivity contribution in [3.05, 3.63) is 77.8 Å². The van der Waals surface area contributed by atoms with Crippen molar-refractivity contribution in [3.8, 4) is 11.1 Å². The number of aromatic nitrogens is 3. The molecule has 3 heterocycles. The van der Waals surface area contributed by atoms with Gasteiger partial charge in [-0.25, -0.2) is 17.2 Å². The summed E-state index contributed by atoms with van der Waals surface area (Å²) in [5.41, 5.74) is 4.84. The second-order valence-electron chi connectivity index (χ2n) is 8.59. The smallest absolute Gasteiger partial charge is 0.264 e. The number of hydrogen-bond donors (Lipinski definition) is 1. The zero-order valence-electron chi connectivity index (χ0n) is 20.2. The van der Waals surface area contributed by atoms with Gasteiger partial charge in [-0.1, -0.05) is 12.1 Å². The van der Waals surface area contributed by atoms with Crippen LogP contribution in [0, 0.1) is 11.6 Å². The van der Waals surface area contributed by atoms with Gasteiger partial charge in [0.25, 0.3) is 10.0 Å². The van der Waals surface area contributed by atoms with Gasteiger partial charge < -0.3 is 9.47 Å². The first-order valence-corrected chi connectivity index (χ1v) is 12.9. The number of benzene rings is 2. The first-order valence-electron chi connectivity index (χ1n) is 11.5. The van der Waals surface area contributed by atoms with Gasteiger partial charge >= 0.3 is 0 Å². The minimum absolute atomic E-state index is 0.0199. The third-order valence-corrected chi connectivity index (χ3v) is 7.51. The lowest BCUT2D eigenvalue weighted by molar-refractivity contribution is 0.161. The number of rotatable bonds is 7. The van der Waals surface area contributed by atoms with Crippen molar-refractivity contribution >= 4 is 32.2 Å². The molecule has 1 N–H and O–H groups in total. The van der Waals surface area contributed by atoms with E-state index in [0.29, 0.717) is 30.5 Å². The fourth-order valence-electron chi connectivity index (χ4n) is 4.39. The van der Waals surface area contributed by atoms with Crippen LogP contribution >= 0.6 is 0 Å². The molecule has 37 heavy (non-hydrogen) atoms. The van der Waals surface area contributed by atoms with Crippen molar-refractivity contribution in [2.75, 3.05) is 25.0 Å². The zero-order valence-corrected chi connectivity index (χ0v) is 21.0. The number of ether oxygens (including phenoxy) is 2. The number of fused-ring (bicyclic) bond motifs is 1. The predicted molar refractivity (Wildman–Crippen MR) is 135 cm³/mol. The van der Waals surface area contributed by atoms with Crippen molar-refractivity contribution in [1.82, 2.24) is 14.8 Å².